The Morgan fingerprint density at radius 1 is 1.62 bits per heavy atom. The van der Waals surface area contributed by atoms with E-state index in [9.17, 15) is 9.18 Å². The Balaban J connectivity index is 2.97. The monoisotopic (exact) mass is 219 g/mol. The highest BCUT2D eigenvalue weighted by Gasteiger charge is 2.08. The van der Waals surface area contributed by atoms with Gasteiger partial charge in [-0.15, -0.1) is 0 Å². The SMILES string of the molecule is CC(=O)c1cccc(C=CCN=[N+]=[N-])c1F. The summed E-state index contributed by atoms with van der Waals surface area (Å²) in [6, 6.07) is 4.59. The maximum atomic E-state index is 13.7. The van der Waals surface area contributed by atoms with Crippen LogP contribution in [-0.2, 0) is 0 Å². The van der Waals surface area contributed by atoms with Crippen LogP contribution in [0.2, 0.25) is 0 Å². The third kappa shape index (κ3) is 2.93. The molecule has 0 aliphatic carbocycles. The van der Waals surface area contributed by atoms with E-state index in [1.165, 1.54) is 25.1 Å². The minimum atomic E-state index is -0.549. The average molecular weight is 219 g/mol. The van der Waals surface area contributed by atoms with Crippen LogP contribution < -0.4 is 0 Å². The molecule has 0 fully saturated rings. The van der Waals surface area contributed by atoms with Crippen molar-refractivity contribution in [3.63, 3.8) is 0 Å². The molecule has 0 aliphatic rings. The van der Waals surface area contributed by atoms with Crippen molar-refractivity contribution < 1.29 is 9.18 Å². The molecular weight excluding hydrogens is 209 g/mol. The first-order valence-electron chi connectivity index (χ1n) is 4.63. The number of Topliss-reactive ketones (excluding diaryl/α,β-unsaturated/α-hetero) is 1. The Hall–Kier alpha value is -2.13. The smallest absolute Gasteiger partial charge is 0.162 e. The van der Waals surface area contributed by atoms with E-state index in [2.05, 4.69) is 10.0 Å². The van der Waals surface area contributed by atoms with Crippen LogP contribution in [0.3, 0.4) is 0 Å². The number of carbonyl (C=O) groups excluding carboxylic acids is 1. The first kappa shape index (κ1) is 11.9. The number of benzene rings is 1. The zero-order valence-corrected chi connectivity index (χ0v) is 8.72. The topological polar surface area (TPSA) is 65.8 Å². The van der Waals surface area contributed by atoms with Gasteiger partial charge < -0.3 is 0 Å². The second-order valence-electron chi connectivity index (χ2n) is 3.08. The first-order valence-corrected chi connectivity index (χ1v) is 4.63. The molecule has 0 saturated heterocycles. The van der Waals surface area contributed by atoms with Gasteiger partial charge in [-0.2, -0.15) is 0 Å². The lowest BCUT2D eigenvalue weighted by molar-refractivity contribution is 0.101. The predicted molar refractivity (Wildman–Crippen MR) is 59.5 cm³/mol. The number of carbonyl (C=O) groups is 1. The molecule has 1 aromatic rings. The van der Waals surface area contributed by atoms with Crippen molar-refractivity contribution in [1.82, 2.24) is 0 Å². The minimum Gasteiger partial charge on any atom is -0.294 e. The summed E-state index contributed by atoms with van der Waals surface area (Å²) < 4.78 is 13.7. The zero-order chi connectivity index (χ0) is 12.0. The number of halogens is 1. The molecule has 0 bridgehead atoms. The van der Waals surface area contributed by atoms with Gasteiger partial charge in [-0.25, -0.2) is 4.39 Å². The standard InChI is InChI=1S/C11H10FN3O/c1-8(16)10-6-2-4-9(11(10)12)5-3-7-14-15-13/h2-6H,7H2,1H3. The summed E-state index contributed by atoms with van der Waals surface area (Å²) in [6.45, 7) is 1.46. The lowest BCUT2D eigenvalue weighted by Crippen LogP contribution is -1.98. The van der Waals surface area contributed by atoms with Crippen LogP contribution in [0.15, 0.2) is 29.4 Å². The Morgan fingerprint density at radius 3 is 3.00 bits per heavy atom. The van der Waals surface area contributed by atoms with Gasteiger partial charge in [0.1, 0.15) is 5.82 Å². The molecule has 0 heterocycles. The summed E-state index contributed by atoms with van der Waals surface area (Å²) in [5.74, 6) is -0.866. The first-order chi connectivity index (χ1) is 7.66. The van der Waals surface area contributed by atoms with E-state index < -0.39 is 5.82 Å². The number of hydrogen-bond acceptors (Lipinski definition) is 2. The Morgan fingerprint density at radius 2 is 2.38 bits per heavy atom. The van der Waals surface area contributed by atoms with Crippen molar-refractivity contribution in [2.24, 2.45) is 5.11 Å². The molecule has 0 radical (unpaired) electrons. The quantitative estimate of drug-likeness (QED) is 0.331. The number of hydrogen-bond donors (Lipinski definition) is 0. The van der Waals surface area contributed by atoms with Crippen molar-refractivity contribution in [2.45, 2.75) is 6.92 Å². The van der Waals surface area contributed by atoms with E-state index >= 15 is 0 Å². The molecule has 1 rings (SSSR count). The van der Waals surface area contributed by atoms with Crippen molar-refractivity contribution in [2.75, 3.05) is 6.54 Å². The number of rotatable bonds is 4. The molecule has 0 atom stereocenters. The van der Waals surface area contributed by atoms with Crippen molar-refractivity contribution in [3.05, 3.63) is 51.7 Å². The van der Waals surface area contributed by atoms with Crippen LogP contribution in [-0.4, -0.2) is 12.3 Å². The van der Waals surface area contributed by atoms with Gasteiger partial charge in [0.05, 0.1) is 5.56 Å². The highest BCUT2D eigenvalue weighted by atomic mass is 19.1. The molecule has 0 N–H and O–H groups in total. The van der Waals surface area contributed by atoms with E-state index in [4.69, 9.17) is 5.53 Å². The fourth-order valence-corrected chi connectivity index (χ4v) is 1.21. The molecule has 5 heteroatoms. The number of nitrogens with zero attached hydrogens (tertiary/aromatic N) is 3. The molecule has 0 unspecified atom stereocenters. The molecule has 0 spiro atoms. The third-order valence-electron chi connectivity index (χ3n) is 1.96. The van der Waals surface area contributed by atoms with E-state index in [0.717, 1.165) is 0 Å². The summed E-state index contributed by atoms with van der Waals surface area (Å²) >= 11 is 0. The summed E-state index contributed by atoms with van der Waals surface area (Å²) in [5, 5.41) is 3.28. The van der Waals surface area contributed by atoms with E-state index in [1.807, 2.05) is 0 Å². The second-order valence-corrected chi connectivity index (χ2v) is 3.08. The van der Waals surface area contributed by atoms with Gasteiger partial charge in [0, 0.05) is 17.0 Å². The van der Waals surface area contributed by atoms with Crippen LogP contribution >= 0.6 is 0 Å². The van der Waals surface area contributed by atoms with Gasteiger partial charge in [-0.3, -0.25) is 4.79 Å². The van der Waals surface area contributed by atoms with Crippen LogP contribution in [0.25, 0.3) is 16.5 Å². The summed E-state index contributed by atoms with van der Waals surface area (Å²) in [6.07, 6.45) is 3.01. The molecule has 0 saturated carbocycles. The fraction of sp³-hybridized carbons (Fsp3) is 0.182. The lowest BCUT2D eigenvalue weighted by Gasteiger charge is -2.01. The highest BCUT2D eigenvalue weighted by molar-refractivity contribution is 5.94. The lowest BCUT2D eigenvalue weighted by atomic mass is 10.1. The van der Waals surface area contributed by atoms with Crippen LogP contribution in [0.4, 0.5) is 4.39 Å². The zero-order valence-electron chi connectivity index (χ0n) is 8.72. The van der Waals surface area contributed by atoms with Crippen molar-refractivity contribution >= 4 is 11.9 Å². The van der Waals surface area contributed by atoms with Gasteiger partial charge in [0.2, 0.25) is 0 Å². The maximum absolute atomic E-state index is 13.7. The maximum Gasteiger partial charge on any atom is 0.162 e. The van der Waals surface area contributed by atoms with Gasteiger partial charge in [-0.1, -0.05) is 29.4 Å². The molecule has 16 heavy (non-hydrogen) atoms. The summed E-state index contributed by atoms with van der Waals surface area (Å²) in [7, 11) is 0. The van der Waals surface area contributed by atoms with Crippen LogP contribution in [0, 0.1) is 5.82 Å². The van der Waals surface area contributed by atoms with Gasteiger partial charge in [0.15, 0.2) is 5.78 Å². The molecule has 0 aliphatic heterocycles. The van der Waals surface area contributed by atoms with E-state index in [0.29, 0.717) is 5.56 Å². The van der Waals surface area contributed by atoms with Gasteiger partial charge in [-0.05, 0) is 18.5 Å². The normalized spacial score (nSPS) is 10.1. The summed E-state index contributed by atoms with van der Waals surface area (Å²) in [4.78, 5) is 13.6. The number of azide groups is 1. The molecule has 0 aromatic heterocycles. The predicted octanol–water partition coefficient (Wildman–Crippen LogP) is 3.35. The molecule has 0 amide bonds. The number of ketones is 1. The minimum absolute atomic E-state index is 0.0611. The average Bonchev–Trinajstić information content (AvgIpc) is 2.26. The van der Waals surface area contributed by atoms with Crippen molar-refractivity contribution in [1.29, 1.82) is 0 Å². The van der Waals surface area contributed by atoms with E-state index in [-0.39, 0.29) is 17.9 Å². The Labute approximate surface area is 92.0 Å². The second kappa shape index (κ2) is 5.68. The summed E-state index contributed by atoms with van der Waals surface area (Å²) in [5.41, 5.74) is 8.41. The molecule has 4 nitrogen and oxygen atoms in total. The Bertz CT molecular complexity index is 476. The van der Waals surface area contributed by atoms with Crippen LogP contribution in [0.1, 0.15) is 22.8 Å². The molecule has 82 valence electrons. The fourth-order valence-electron chi connectivity index (χ4n) is 1.21. The van der Waals surface area contributed by atoms with Crippen LogP contribution in [0.5, 0.6) is 0 Å². The molecular formula is C11H10FN3O. The third-order valence-corrected chi connectivity index (χ3v) is 1.96. The largest absolute Gasteiger partial charge is 0.294 e. The van der Waals surface area contributed by atoms with Crippen molar-refractivity contribution in [3.8, 4) is 0 Å². The highest BCUT2D eigenvalue weighted by Crippen LogP contribution is 2.14. The van der Waals surface area contributed by atoms with Gasteiger partial charge >= 0.3 is 0 Å². The molecule has 1 aromatic carbocycles. The van der Waals surface area contributed by atoms with E-state index in [1.54, 1.807) is 12.1 Å². The Kier molecular flexibility index (Phi) is 4.24. The van der Waals surface area contributed by atoms with Gasteiger partial charge in [0.25, 0.3) is 0 Å².